The summed E-state index contributed by atoms with van der Waals surface area (Å²) < 4.78 is 0. The lowest BCUT2D eigenvalue weighted by molar-refractivity contribution is 0.478. The van der Waals surface area contributed by atoms with Crippen molar-refractivity contribution in [1.82, 2.24) is 15.5 Å². The van der Waals surface area contributed by atoms with Crippen LogP contribution in [0, 0.1) is 6.92 Å². The zero-order chi connectivity index (χ0) is 9.80. The minimum absolute atomic E-state index is 0.501. The maximum Gasteiger partial charge on any atom is 0.148 e. The van der Waals surface area contributed by atoms with Gasteiger partial charge in [-0.1, -0.05) is 0 Å². The van der Waals surface area contributed by atoms with Crippen LogP contribution in [0.15, 0.2) is 12.1 Å². The van der Waals surface area contributed by atoms with Gasteiger partial charge in [-0.2, -0.15) is 5.10 Å². The van der Waals surface area contributed by atoms with Crippen molar-refractivity contribution in [2.75, 3.05) is 18.4 Å². The summed E-state index contributed by atoms with van der Waals surface area (Å²) in [5, 5.41) is 14.8. The third-order valence-electron chi connectivity index (χ3n) is 2.45. The number of piperidine rings is 1. The van der Waals surface area contributed by atoms with E-state index < -0.39 is 0 Å². The molecule has 1 saturated heterocycles. The van der Waals surface area contributed by atoms with E-state index in [4.69, 9.17) is 0 Å². The van der Waals surface area contributed by atoms with E-state index in [2.05, 4.69) is 20.8 Å². The molecule has 1 aliphatic heterocycles. The van der Waals surface area contributed by atoms with Gasteiger partial charge < -0.3 is 10.6 Å². The van der Waals surface area contributed by atoms with Gasteiger partial charge in [-0.25, -0.2) is 0 Å². The van der Waals surface area contributed by atoms with Crippen LogP contribution in [-0.4, -0.2) is 29.3 Å². The van der Waals surface area contributed by atoms with E-state index in [0.717, 1.165) is 24.6 Å². The molecule has 14 heavy (non-hydrogen) atoms. The standard InChI is InChI=1S/C10H16N4/c1-8-4-5-10(14-13-8)12-9-3-2-6-11-7-9/h4-5,9,11H,2-3,6-7H2,1H3,(H,12,14)/t9-/m0/s1. The predicted molar refractivity (Wildman–Crippen MR) is 56.3 cm³/mol. The smallest absolute Gasteiger partial charge is 0.148 e. The van der Waals surface area contributed by atoms with Gasteiger partial charge in [-0.05, 0) is 38.4 Å². The molecule has 1 aromatic rings. The lowest BCUT2D eigenvalue weighted by Crippen LogP contribution is -2.38. The van der Waals surface area contributed by atoms with Gasteiger partial charge in [0.25, 0.3) is 0 Å². The van der Waals surface area contributed by atoms with E-state index in [1.54, 1.807) is 0 Å². The summed E-state index contributed by atoms with van der Waals surface area (Å²) in [6.45, 7) is 4.10. The van der Waals surface area contributed by atoms with Crippen LogP contribution in [0.25, 0.3) is 0 Å². The Hall–Kier alpha value is -1.16. The van der Waals surface area contributed by atoms with Crippen LogP contribution in [0.5, 0.6) is 0 Å². The highest BCUT2D eigenvalue weighted by Crippen LogP contribution is 2.08. The van der Waals surface area contributed by atoms with Crippen molar-refractivity contribution >= 4 is 5.82 Å². The van der Waals surface area contributed by atoms with Gasteiger partial charge in [0.2, 0.25) is 0 Å². The quantitative estimate of drug-likeness (QED) is 0.732. The summed E-state index contributed by atoms with van der Waals surface area (Å²) in [7, 11) is 0. The molecule has 0 bridgehead atoms. The largest absolute Gasteiger partial charge is 0.365 e. The molecule has 76 valence electrons. The Kier molecular flexibility index (Phi) is 2.93. The highest BCUT2D eigenvalue weighted by Gasteiger charge is 2.12. The van der Waals surface area contributed by atoms with Crippen molar-refractivity contribution in [3.05, 3.63) is 17.8 Å². The fourth-order valence-corrected chi connectivity index (χ4v) is 1.66. The van der Waals surface area contributed by atoms with Gasteiger partial charge in [0.1, 0.15) is 5.82 Å². The molecule has 2 N–H and O–H groups in total. The number of aromatic nitrogens is 2. The highest BCUT2D eigenvalue weighted by atomic mass is 15.2. The van der Waals surface area contributed by atoms with Gasteiger partial charge >= 0.3 is 0 Å². The maximum absolute atomic E-state index is 4.08. The molecule has 0 spiro atoms. The van der Waals surface area contributed by atoms with Crippen molar-refractivity contribution in [3.8, 4) is 0 Å². The van der Waals surface area contributed by atoms with E-state index in [1.807, 2.05) is 19.1 Å². The van der Waals surface area contributed by atoms with Crippen molar-refractivity contribution < 1.29 is 0 Å². The second-order valence-corrected chi connectivity index (χ2v) is 3.75. The number of nitrogens with zero attached hydrogens (tertiary/aromatic N) is 2. The molecule has 2 heterocycles. The van der Waals surface area contributed by atoms with Crippen LogP contribution in [0.4, 0.5) is 5.82 Å². The summed E-state index contributed by atoms with van der Waals surface area (Å²) in [5.41, 5.74) is 0.956. The van der Waals surface area contributed by atoms with Crippen molar-refractivity contribution in [1.29, 1.82) is 0 Å². The van der Waals surface area contributed by atoms with Crippen molar-refractivity contribution in [2.45, 2.75) is 25.8 Å². The number of aryl methyl sites for hydroxylation is 1. The van der Waals surface area contributed by atoms with Crippen LogP contribution >= 0.6 is 0 Å². The molecule has 0 unspecified atom stereocenters. The number of nitrogens with one attached hydrogen (secondary N) is 2. The zero-order valence-corrected chi connectivity index (χ0v) is 8.45. The van der Waals surface area contributed by atoms with Gasteiger partial charge in [0, 0.05) is 12.6 Å². The van der Waals surface area contributed by atoms with Crippen molar-refractivity contribution in [3.63, 3.8) is 0 Å². The van der Waals surface area contributed by atoms with E-state index in [-0.39, 0.29) is 0 Å². The molecule has 0 amide bonds. The Labute approximate surface area is 84.1 Å². The normalized spacial score (nSPS) is 21.9. The first-order valence-electron chi connectivity index (χ1n) is 5.12. The molecule has 2 rings (SSSR count). The fraction of sp³-hybridized carbons (Fsp3) is 0.600. The number of anilines is 1. The van der Waals surface area contributed by atoms with E-state index in [9.17, 15) is 0 Å². The Morgan fingerprint density at radius 3 is 3.00 bits per heavy atom. The first-order valence-corrected chi connectivity index (χ1v) is 5.12. The summed E-state index contributed by atoms with van der Waals surface area (Å²) in [6.07, 6.45) is 2.44. The predicted octanol–water partition coefficient (Wildman–Crippen LogP) is 0.949. The van der Waals surface area contributed by atoms with Crippen LogP contribution in [0.1, 0.15) is 18.5 Å². The Morgan fingerprint density at radius 2 is 2.36 bits per heavy atom. The van der Waals surface area contributed by atoms with E-state index >= 15 is 0 Å². The average molecular weight is 192 g/mol. The third-order valence-corrected chi connectivity index (χ3v) is 2.45. The third kappa shape index (κ3) is 2.42. The lowest BCUT2D eigenvalue weighted by atomic mass is 10.1. The van der Waals surface area contributed by atoms with Crippen LogP contribution in [0.2, 0.25) is 0 Å². The molecule has 1 aliphatic rings. The fourth-order valence-electron chi connectivity index (χ4n) is 1.66. The molecule has 4 heteroatoms. The van der Waals surface area contributed by atoms with E-state index in [0.29, 0.717) is 6.04 Å². The minimum Gasteiger partial charge on any atom is -0.365 e. The number of hydrogen-bond donors (Lipinski definition) is 2. The SMILES string of the molecule is Cc1ccc(N[C@H]2CCCNC2)nn1. The second-order valence-electron chi connectivity index (χ2n) is 3.75. The van der Waals surface area contributed by atoms with Gasteiger partial charge in [-0.3, -0.25) is 0 Å². The molecular formula is C10H16N4. The molecule has 0 aliphatic carbocycles. The monoisotopic (exact) mass is 192 g/mol. The molecule has 0 saturated carbocycles. The Bertz CT molecular complexity index is 277. The molecule has 1 atom stereocenters. The van der Waals surface area contributed by atoms with Crippen LogP contribution in [-0.2, 0) is 0 Å². The van der Waals surface area contributed by atoms with Gasteiger partial charge in [-0.15, -0.1) is 5.10 Å². The van der Waals surface area contributed by atoms with Crippen LogP contribution in [0.3, 0.4) is 0 Å². The van der Waals surface area contributed by atoms with Crippen LogP contribution < -0.4 is 10.6 Å². The topological polar surface area (TPSA) is 49.8 Å². The Balaban J connectivity index is 1.92. The minimum atomic E-state index is 0.501. The number of rotatable bonds is 2. The number of hydrogen-bond acceptors (Lipinski definition) is 4. The van der Waals surface area contributed by atoms with E-state index in [1.165, 1.54) is 12.8 Å². The van der Waals surface area contributed by atoms with Gasteiger partial charge in [0.15, 0.2) is 0 Å². The lowest BCUT2D eigenvalue weighted by Gasteiger charge is -2.23. The molecule has 1 fully saturated rings. The summed E-state index contributed by atoms with van der Waals surface area (Å²) >= 11 is 0. The second kappa shape index (κ2) is 4.37. The summed E-state index contributed by atoms with van der Waals surface area (Å²) in [5.74, 6) is 0.879. The molecule has 0 radical (unpaired) electrons. The maximum atomic E-state index is 4.08. The average Bonchev–Trinajstić information content (AvgIpc) is 2.23. The summed E-state index contributed by atoms with van der Waals surface area (Å²) in [6, 6.07) is 4.46. The first-order chi connectivity index (χ1) is 6.84. The molecule has 4 nitrogen and oxygen atoms in total. The van der Waals surface area contributed by atoms with Gasteiger partial charge in [0.05, 0.1) is 5.69 Å². The molecule has 0 aromatic carbocycles. The molecular weight excluding hydrogens is 176 g/mol. The molecule has 1 aromatic heterocycles. The zero-order valence-electron chi connectivity index (χ0n) is 8.45. The Morgan fingerprint density at radius 1 is 1.43 bits per heavy atom. The summed E-state index contributed by atoms with van der Waals surface area (Å²) in [4.78, 5) is 0. The first kappa shape index (κ1) is 9.40. The highest BCUT2D eigenvalue weighted by molar-refractivity contribution is 5.34. The van der Waals surface area contributed by atoms with Crippen molar-refractivity contribution in [2.24, 2.45) is 0 Å².